The number of nitrogens with one attached hydrogen (secondary N) is 2. The number of nitrogens with zero attached hydrogens (tertiary/aromatic N) is 4. The minimum atomic E-state index is -0.815. The maximum Gasteiger partial charge on any atom is 0.328 e. The average molecular weight is 362 g/mol. The van der Waals surface area contributed by atoms with Gasteiger partial charge in [0.2, 0.25) is 11.9 Å². The van der Waals surface area contributed by atoms with Gasteiger partial charge in [-0.15, -0.1) is 0 Å². The topological polar surface area (TPSA) is 120 Å². The number of rotatable bonds is 2. The zero-order valence-corrected chi connectivity index (χ0v) is 15.0. The van der Waals surface area contributed by atoms with Crippen molar-refractivity contribution in [2.75, 3.05) is 27.2 Å². The van der Waals surface area contributed by atoms with Crippen molar-refractivity contribution in [1.82, 2.24) is 24.7 Å². The van der Waals surface area contributed by atoms with Crippen molar-refractivity contribution in [1.29, 1.82) is 0 Å². The van der Waals surface area contributed by atoms with E-state index in [2.05, 4.69) is 15.3 Å². The number of carbonyl (C=O) groups is 2. The Hall–Kier alpha value is -2.91. The van der Waals surface area contributed by atoms with Crippen LogP contribution in [0, 0.1) is 0 Å². The molecule has 0 aliphatic carbocycles. The predicted molar refractivity (Wildman–Crippen MR) is 93.8 cm³/mol. The number of likely N-dealkylation sites (tertiary alicyclic amines) is 1. The Bertz CT molecular complexity index is 889. The molecule has 1 fully saturated rings. The van der Waals surface area contributed by atoms with Gasteiger partial charge in [0.25, 0.3) is 11.5 Å². The fourth-order valence-electron chi connectivity index (χ4n) is 3.19. The first kappa shape index (κ1) is 17.9. The average Bonchev–Trinajstić information content (AvgIpc) is 2.93. The number of aromatic amines is 1. The van der Waals surface area contributed by atoms with Gasteiger partial charge >= 0.3 is 5.69 Å². The maximum absolute atomic E-state index is 12.5. The Morgan fingerprint density at radius 1 is 1.27 bits per heavy atom. The highest BCUT2D eigenvalue weighted by atomic mass is 16.2. The van der Waals surface area contributed by atoms with E-state index in [1.165, 1.54) is 13.2 Å². The van der Waals surface area contributed by atoms with Crippen molar-refractivity contribution in [3.8, 4) is 0 Å². The summed E-state index contributed by atoms with van der Waals surface area (Å²) in [7, 11) is 4.97. The first-order chi connectivity index (χ1) is 12.2. The Morgan fingerprint density at radius 2 is 1.92 bits per heavy atom. The number of aliphatic imine (C=N–C) groups is 1. The van der Waals surface area contributed by atoms with Crippen LogP contribution >= 0.6 is 0 Å². The SMILES string of the molecule is CN(C)C1=NC2(CCN(C(=O)Cc3c[nH]c(=O)n(C)c3=O)CC2)C(=O)N1. The van der Waals surface area contributed by atoms with Crippen molar-refractivity contribution in [3.63, 3.8) is 0 Å². The fraction of sp³-hybridized carbons (Fsp3) is 0.562. The molecule has 26 heavy (non-hydrogen) atoms. The highest BCUT2D eigenvalue weighted by Crippen LogP contribution is 2.30. The summed E-state index contributed by atoms with van der Waals surface area (Å²) in [5.41, 5.74) is -1.58. The molecule has 10 nitrogen and oxygen atoms in total. The Morgan fingerprint density at radius 3 is 2.50 bits per heavy atom. The third-order valence-corrected chi connectivity index (χ3v) is 4.93. The fourth-order valence-corrected chi connectivity index (χ4v) is 3.19. The van der Waals surface area contributed by atoms with Gasteiger partial charge in [-0.25, -0.2) is 9.79 Å². The molecule has 1 aromatic rings. The number of carbonyl (C=O) groups excluding carboxylic acids is 2. The summed E-state index contributed by atoms with van der Waals surface area (Å²) in [5.74, 6) is 0.188. The van der Waals surface area contributed by atoms with Crippen LogP contribution < -0.4 is 16.6 Å². The van der Waals surface area contributed by atoms with Crippen LogP contribution in [-0.2, 0) is 23.1 Å². The molecule has 0 radical (unpaired) electrons. The summed E-state index contributed by atoms with van der Waals surface area (Å²) >= 11 is 0. The van der Waals surface area contributed by atoms with Gasteiger partial charge in [0, 0.05) is 46.0 Å². The molecule has 1 spiro atoms. The van der Waals surface area contributed by atoms with Gasteiger partial charge in [0.15, 0.2) is 0 Å². The molecule has 2 aliphatic rings. The van der Waals surface area contributed by atoms with Crippen LogP contribution in [0.15, 0.2) is 20.8 Å². The predicted octanol–water partition coefficient (Wildman–Crippen LogP) is -1.98. The van der Waals surface area contributed by atoms with Crippen molar-refractivity contribution >= 4 is 17.8 Å². The van der Waals surface area contributed by atoms with E-state index >= 15 is 0 Å². The molecule has 2 amide bonds. The quantitative estimate of drug-likeness (QED) is 0.632. The van der Waals surface area contributed by atoms with E-state index in [1.807, 2.05) is 14.1 Å². The number of piperidine rings is 1. The molecular weight excluding hydrogens is 340 g/mol. The standard InChI is InChI=1S/C16H22N6O4/c1-20(2)14-18-13(25)16(19-14)4-6-22(7-5-16)11(23)8-10-9-17-15(26)21(3)12(10)24/h9H,4-8H2,1-3H3,(H,17,26)(H,18,19,25). The lowest BCUT2D eigenvalue weighted by molar-refractivity contribution is -0.135. The lowest BCUT2D eigenvalue weighted by atomic mass is 9.88. The van der Waals surface area contributed by atoms with Crippen LogP contribution in [0.3, 0.4) is 0 Å². The van der Waals surface area contributed by atoms with E-state index in [-0.39, 0.29) is 23.8 Å². The molecule has 1 saturated heterocycles. The minimum Gasteiger partial charge on any atom is -0.349 e. The van der Waals surface area contributed by atoms with Crippen LogP contribution in [-0.4, -0.2) is 69.8 Å². The third kappa shape index (κ3) is 3.02. The third-order valence-electron chi connectivity index (χ3n) is 4.93. The second-order valence-electron chi connectivity index (χ2n) is 6.86. The van der Waals surface area contributed by atoms with E-state index in [1.54, 1.807) is 9.80 Å². The lowest BCUT2D eigenvalue weighted by Gasteiger charge is -2.35. The second-order valence-corrected chi connectivity index (χ2v) is 6.86. The number of hydrogen-bond donors (Lipinski definition) is 2. The van der Waals surface area contributed by atoms with Gasteiger partial charge in [-0.05, 0) is 12.8 Å². The van der Waals surface area contributed by atoms with Crippen LogP contribution in [0.1, 0.15) is 18.4 Å². The summed E-state index contributed by atoms with van der Waals surface area (Å²) in [6, 6.07) is 0. The van der Waals surface area contributed by atoms with Gasteiger partial charge in [0.05, 0.1) is 6.42 Å². The largest absolute Gasteiger partial charge is 0.349 e. The van der Waals surface area contributed by atoms with Gasteiger partial charge in [-0.1, -0.05) is 0 Å². The first-order valence-electron chi connectivity index (χ1n) is 8.37. The van der Waals surface area contributed by atoms with Gasteiger partial charge in [0.1, 0.15) is 5.54 Å². The molecule has 2 N–H and O–H groups in total. The summed E-state index contributed by atoms with van der Waals surface area (Å²) < 4.78 is 0.939. The van der Waals surface area contributed by atoms with Crippen LogP contribution in [0.5, 0.6) is 0 Å². The van der Waals surface area contributed by atoms with Crippen molar-refractivity contribution < 1.29 is 9.59 Å². The normalized spacial score (nSPS) is 18.7. The lowest BCUT2D eigenvalue weighted by Crippen LogP contribution is -2.51. The molecule has 0 unspecified atom stereocenters. The number of hydrogen-bond acceptors (Lipinski definition) is 6. The molecular formula is C16H22N6O4. The highest BCUT2D eigenvalue weighted by molar-refractivity contribution is 6.07. The van der Waals surface area contributed by atoms with Gasteiger partial charge in [-0.2, -0.15) is 0 Å². The van der Waals surface area contributed by atoms with E-state index < -0.39 is 16.8 Å². The number of aromatic nitrogens is 2. The van der Waals surface area contributed by atoms with Crippen LogP contribution in [0.4, 0.5) is 0 Å². The molecule has 140 valence electrons. The molecule has 1 aromatic heterocycles. The molecule has 2 aliphatic heterocycles. The van der Waals surface area contributed by atoms with E-state index in [9.17, 15) is 19.2 Å². The zero-order chi connectivity index (χ0) is 19.1. The number of guanidine groups is 1. The molecule has 3 heterocycles. The molecule has 0 atom stereocenters. The Kier molecular flexibility index (Phi) is 4.43. The van der Waals surface area contributed by atoms with E-state index in [0.29, 0.717) is 31.9 Å². The molecule has 3 rings (SSSR count). The number of amides is 2. The summed E-state index contributed by atoms with van der Waals surface area (Å²) in [4.78, 5) is 58.6. The van der Waals surface area contributed by atoms with Crippen molar-refractivity contribution in [3.05, 3.63) is 32.6 Å². The van der Waals surface area contributed by atoms with E-state index in [4.69, 9.17) is 0 Å². The zero-order valence-electron chi connectivity index (χ0n) is 15.0. The van der Waals surface area contributed by atoms with Gasteiger partial charge < -0.3 is 14.8 Å². The van der Waals surface area contributed by atoms with Crippen molar-refractivity contribution in [2.45, 2.75) is 24.8 Å². The molecule has 0 bridgehead atoms. The number of H-pyrrole nitrogens is 1. The molecule has 0 saturated carbocycles. The summed E-state index contributed by atoms with van der Waals surface area (Å²) in [6.07, 6.45) is 2.07. The molecule has 10 heteroatoms. The maximum atomic E-state index is 12.5. The summed E-state index contributed by atoms with van der Waals surface area (Å²) in [5, 5.41) is 2.77. The summed E-state index contributed by atoms with van der Waals surface area (Å²) in [6.45, 7) is 0.778. The monoisotopic (exact) mass is 362 g/mol. The Labute approximate surface area is 149 Å². The van der Waals surface area contributed by atoms with Crippen molar-refractivity contribution in [2.24, 2.45) is 12.0 Å². The minimum absolute atomic E-state index is 0.0884. The second kappa shape index (κ2) is 6.43. The smallest absolute Gasteiger partial charge is 0.328 e. The van der Waals surface area contributed by atoms with Crippen LogP contribution in [0.25, 0.3) is 0 Å². The first-order valence-corrected chi connectivity index (χ1v) is 8.37. The van der Waals surface area contributed by atoms with E-state index in [0.717, 1.165) is 4.57 Å². The van der Waals surface area contributed by atoms with Gasteiger partial charge in [-0.3, -0.25) is 24.3 Å². The van der Waals surface area contributed by atoms with Crippen LogP contribution in [0.2, 0.25) is 0 Å². The Balaban J connectivity index is 1.68. The molecule has 0 aromatic carbocycles. The highest BCUT2D eigenvalue weighted by Gasteiger charge is 2.46.